The van der Waals surface area contributed by atoms with Gasteiger partial charge in [-0.25, -0.2) is 9.18 Å². The Hall–Kier alpha value is -0.910. The Bertz CT molecular complexity index is 679. The number of carbonyl (C=O) groups is 1. The minimum atomic E-state index is -0.625. The van der Waals surface area contributed by atoms with Gasteiger partial charge in [0.05, 0.1) is 26.7 Å². The number of pyridine rings is 1. The average Bonchev–Trinajstić information content (AvgIpc) is 2.38. The summed E-state index contributed by atoms with van der Waals surface area (Å²) >= 11 is 15.0. The zero-order valence-electron chi connectivity index (χ0n) is 9.64. The number of hydrogen-bond donors (Lipinski definition) is 0. The highest BCUT2D eigenvalue weighted by Crippen LogP contribution is 2.35. The van der Waals surface area contributed by atoms with Crippen molar-refractivity contribution in [2.45, 2.75) is 6.92 Å². The van der Waals surface area contributed by atoms with Crippen LogP contribution in [0.5, 0.6) is 0 Å². The van der Waals surface area contributed by atoms with Crippen LogP contribution < -0.4 is 0 Å². The van der Waals surface area contributed by atoms with Crippen LogP contribution in [0.15, 0.2) is 16.7 Å². The first-order chi connectivity index (χ1) is 8.97. The number of aromatic nitrogens is 1. The lowest BCUT2D eigenvalue weighted by atomic mass is 10.1. The minimum Gasteiger partial charge on any atom is -0.462 e. The molecule has 0 saturated heterocycles. The van der Waals surface area contributed by atoms with E-state index in [0.29, 0.717) is 0 Å². The summed E-state index contributed by atoms with van der Waals surface area (Å²) in [6.07, 6.45) is 1.19. The molecule has 0 bridgehead atoms. The van der Waals surface area contributed by atoms with Crippen molar-refractivity contribution >= 4 is 56.0 Å². The van der Waals surface area contributed by atoms with Gasteiger partial charge in [0.25, 0.3) is 0 Å². The maximum atomic E-state index is 14.0. The van der Waals surface area contributed by atoms with Gasteiger partial charge in [-0.3, -0.25) is 4.98 Å². The summed E-state index contributed by atoms with van der Waals surface area (Å²) in [5, 5.41) is 0.476. The van der Waals surface area contributed by atoms with Gasteiger partial charge < -0.3 is 4.74 Å². The second-order valence-corrected chi connectivity index (χ2v) is 5.17. The average molecular weight is 367 g/mol. The predicted molar refractivity (Wildman–Crippen MR) is 75.4 cm³/mol. The maximum absolute atomic E-state index is 14.0. The molecule has 1 aromatic carbocycles. The first-order valence-corrected chi connectivity index (χ1v) is 6.81. The molecule has 1 aromatic heterocycles. The molecular formula is C12H7BrCl2FNO2. The lowest BCUT2D eigenvalue weighted by molar-refractivity contribution is 0.0526. The maximum Gasteiger partial charge on any atom is 0.341 e. The molecule has 0 radical (unpaired) electrons. The fourth-order valence-electron chi connectivity index (χ4n) is 1.56. The van der Waals surface area contributed by atoms with E-state index >= 15 is 0 Å². The van der Waals surface area contributed by atoms with Crippen LogP contribution in [-0.2, 0) is 4.74 Å². The number of halogens is 4. The minimum absolute atomic E-state index is 0.0364. The number of ether oxygens (including phenoxy) is 1. The molecule has 0 N–H and O–H groups in total. The van der Waals surface area contributed by atoms with Gasteiger partial charge in [-0.1, -0.05) is 23.2 Å². The van der Waals surface area contributed by atoms with Gasteiger partial charge in [0, 0.05) is 11.6 Å². The van der Waals surface area contributed by atoms with Crippen LogP contribution in [-0.4, -0.2) is 17.6 Å². The van der Waals surface area contributed by atoms with E-state index in [1.807, 2.05) is 0 Å². The third-order valence-electron chi connectivity index (χ3n) is 2.43. The molecule has 2 aromatic rings. The fourth-order valence-corrected chi connectivity index (χ4v) is 2.33. The van der Waals surface area contributed by atoms with Crippen LogP contribution in [0.2, 0.25) is 10.0 Å². The third kappa shape index (κ3) is 2.55. The molecule has 19 heavy (non-hydrogen) atoms. The molecule has 0 aliphatic heterocycles. The Balaban J connectivity index is 2.72. The normalized spacial score (nSPS) is 10.8. The predicted octanol–water partition coefficient (Wildman–Crippen LogP) is 4.62. The van der Waals surface area contributed by atoms with E-state index in [1.54, 1.807) is 6.92 Å². The number of rotatable bonds is 2. The highest BCUT2D eigenvalue weighted by Gasteiger charge is 2.19. The second kappa shape index (κ2) is 5.61. The molecule has 1 heterocycles. The largest absolute Gasteiger partial charge is 0.462 e. The third-order valence-corrected chi connectivity index (χ3v) is 4.14. The zero-order chi connectivity index (χ0) is 14.2. The van der Waals surface area contributed by atoms with E-state index in [1.165, 1.54) is 12.3 Å². The number of hydrogen-bond acceptors (Lipinski definition) is 3. The second-order valence-electron chi connectivity index (χ2n) is 3.59. The molecule has 7 heteroatoms. The van der Waals surface area contributed by atoms with Crippen LogP contribution in [0.25, 0.3) is 10.9 Å². The van der Waals surface area contributed by atoms with Crippen molar-refractivity contribution in [3.63, 3.8) is 0 Å². The van der Waals surface area contributed by atoms with Gasteiger partial charge >= 0.3 is 5.97 Å². The van der Waals surface area contributed by atoms with Gasteiger partial charge in [-0.2, -0.15) is 0 Å². The van der Waals surface area contributed by atoms with Crippen molar-refractivity contribution in [2.24, 2.45) is 0 Å². The van der Waals surface area contributed by atoms with Crippen LogP contribution in [0.3, 0.4) is 0 Å². The SMILES string of the molecule is CCOC(=O)c1cnc2c(F)c(Br)c(Cl)cc2c1Cl. The molecule has 0 saturated carbocycles. The zero-order valence-corrected chi connectivity index (χ0v) is 12.7. The van der Waals surface area contributed by atoms with Gasteiger partial charge in [0.2, 0.25) is 0 Å². The van der Waals surface area contributed by atoms with E-state index < -0.39 is 11.8 Å². The summed E-state index contributed by atoms with van der Waals surface area (Å²) < 4.78 is 18.9. The summed E-state index contributed by atoms with van der Waals surface area (Å²) in [5.41, 5.74) is 0.114. The number of benzene rings is 1. The Kier molecular flexibility index (Phi) is 4.28. The van der Waals surface area contributed by atoms with E-state index in [4.69, 9.17) is 27.9 Å². The molecule has 0 fully saturated rings. The first kappa shape index (κ1) is 14.5. The van der Waals surface area contributed by atoms with Crippen LogP contribution in [0.4, 0.5) is 4.39 Å². The highest BCUT2D eigenvalue weighted by molar-refractivity contribution is 9.10. The topological polar surface area (TPSA) is 39.2 Å². The van der Waals surface area contributed by atoms with Crippen molar-refractivity contribution in [1.29, 1.82) is 0 Å². The quantitative estimate of drug-likeness (QED) is 0.575. The molecule has 100 valence electrons. The van der Waals surface area contributed by atoms with E-state index in [0.717, 1.165) is 0 Å². The molecule has 3 nitrogen and oxygen atoms in total. The summed E-state index contributed by atoms with van der Waals surface area (Å²) in [6, 6.07) is 1.45. The molecule has 0 spiro atoms. The Morgan fingerprint density at radius 1 is 1.53 bits per heavy atom. The summed E-state index contributed by atoms with van der Waals surface area (Å²) in [4.78, 5) is 15.6. The van der Waals surface area contributed by atoms with Gasteiger partial charge in [0.15, 0.2) is 5.82 Å². The smallest absolute Gasteiger partial charge is 0.341 e. The van der Waals surface area contributed by atoms with E-state index in [-0.39, 0.29) is 37.6 Å². The number of nitrogens with zero attached hydrogens (tertiary/aromatic N) is 1. The molecule has 0 aliphatic carbocycles. The van der Waals surface area contributed by atoms with Crippen molar-refractivity contribution in [1.82, 2.24) is 4.98 Å². The number of fused-ring (bicyclic) bond motifs is 1. The monoisotopic (exact) mass is 365 g/mol. The number of carbonyl (C=O) groups excluding carboxylic acids is 1. The molecule has 0 aliphatic rings. The highest BCUT2D eigenvalue weighted by atomic mass is 79.9. The van der Waals surface area contributed by atoms with Crippen LogP contribution in [0.1, 0.15) is 17.3 Å². The van der Waals surface area contributed by atoms with Gasteiger partial charge in [-0.05, 0) is 28.9 Å². The standard InChI is InChI=1S/C12H7BrCl2FNO2/c1-2-19-12(18)6-4-17-11-5(9(6)15)3-7(14)8(13)10(11)16/h3-4H,2H2,1H3. The van der Waals surface area contributed by atoms with Crippen LogP contribution in [0, 0.1) is 5.82 Å². The molecule has 0 atom stereocenters. The fraction of sp³-hybridized carbons (Fsp3) is 0.167. The van der Waals surface area contributed by atoms with Crippen molar-refractivity contribution in [3.05, 3.63) is 38.2 Å². The van der Waals surface area contributed by atoms with E-state index in [2.05, 4.69) is 20.9 Å². The van der Waals surface area contributed by atoms with Crippen molar-refractivity contribution < 1.29 is 13.9 Å². The van der Waals surface area contributed by atoms with E-state index in [9.17, 15) is 9.18 Å². The van der Waals surface area contributed by atoms with Gasteiger partial charge in [-0.15, -0.1) is 0 Å². The summed E-state index contributed by atoms with van der Waals surface area (Å²) in [7, 11) is 0. The van der Waals surface area contributed by atoms with Crippen LogP contribution >= 0.6 is 39.1 Å². The first-order valence-electron chi connectivity index (χ1n) is 5.26. The van der Waals surface area contributed by atoms with Gasteiger partial charge in [0.1, 0.15) is 5.52 Å². The Labute approximate surface area is 126 Å². The summed E-state index contributed by atoms with van der Waals surface area (Å²) in [6.45, 7) is 1.89. The summed E-state index contributed by atoms with van der Waals surface area (Å²) in [5.74, 6) is -1.24. The Morgan fingerprint density at radius 3 is 2.84 bits per heavy atom. The molecule has 0 amide bonds. The molecular weight excluding hydrogens is 360 g/mol. The molecule has 2 rings (SSSR count). The Morgan fingerprint density at radius 2 is 2.21 bits per heavy atom. The lowest BCUT2D eigenvalue weighted by Crippen LogP contribution is -2.06. The van der Waals surface area contributed by atoms with Crippen molar-refractivity contribution in [3.8, 4) is 0 Å². The molecule has 0 unspecified atom stereocenters. The van der Waals surface area contributed by atoms with Crippen molar-refractivity contribution in [2.75, 3.05) is 6.61 Å². The lowest BCUT2D eigenvalue weighted by Gasteiger charge is -2.08. The number of esters is 1.